The molecule has 2 nitrogen and oxygen atoms in total. The number of hydrogen-bond acceptors (Lipinski definition) is 2. The lowest BCUT2D eigenvalue weighted by Gasteiger charge is -2.10. The second-order valence-corrected chi connectivity index (χ2v) is 4.87. The summed E-state index contributed by atoms with van der Waals surface area (Å²) >= 11 is 0. The third-order valence-corrected chi connectivity index (χ3v) is 2.62. The predicted octanol–water partition coefficient (Wildman–Crippen LogP) is 4.73. The maximum absolute atomic E-state index is 13.8. The average molecular weight is 284 g/mol. The topological polar surface area (TPSA) is 18.5 Å². The first-order valence-corrected chi connectivity index (χ1v) is 6.96. The summed E-state index contributed by atoms with van der Waals surface area (Å²) in [7, 11) is 0. The van der Waals surface area contributed by atoms with Crippen LogP contribution in [0.25, 0.3) is 0 Å². The van der Waals surface area contributed by atoms with Gasteiger partial charge in [-0.05, 0) is 24.5 Å². The average Bonchev–Trinajstić information content (AvgIpc) is 2.41. The van der Waals surface area contributed by atoms with E-state index in [0.29, 0.717) is 12.5 Å². The first-order valence-electron chi connectivity index (χ1n) is 6.96. The molecule has 0 spiro atoms. The molecule has 0 saturated carbocycles. The highest BCUT2D eigenvalue weighted by molar-refractivity contribution is 5.35. The van der Waals surface area contributed by atoms with Gasteiger partial charge in [-0.3, -0.25) is 0 Å². The number of rotatable bonds is 8. The lowest BCUT2D eigenvalue weighted by molar-refractivity contribution is 0.280. The molecular formula is C16H22F2O2. The molecule has 1 rings (SSSR count). The van der Waals surface area contributed by atoms with Crippen molar-refractivity contribution in [3.05, 3.63) is 35.9 Å². The van der Waals surface area contributed by atoms with Crippen LogP contribution in [0.15, 0.2) is 24.3 Å². The number of hydrogen-bond donors (Lipinski definition) is 0. The molecule has 0 heterocycles. The van der Waals surface area contributed by atoms with Gasteiger partial charge in [0.2, 0.25) is 11.6 Å². The minimum atomic E-state index is -1.00. The molecule has 0 aliphatic carbocycles. The lowest BCUT2D eigenvalue weighted by atomic mass is 10.2. The molecule has 0 amide bonds. The van der Waals surface area contributed by atoms with E-state index in [2.05, 4.69) is 0 Å². The first-order chi connectivity index (χ1) is 9.56. The van der Waals surface area contributed by atoms with E-state index in [9.17, 15) is 8.78 Å². The van der Waals surface area contributed by atoms with Crippen LogP contribution in [0.4, 0.5) is 8.78 Å². The maximum atomic E-state index is 13.8. The van der Waals surface area contributed by atoms with Crippen LogP contribution < -0.4 is 9.47 Å². The Hall–Kier alpha value is -1.58. The van der Waals surface area contributed by atoms with E-state index in [-0.39, 0.29) is 18.1 Å². The molecule has 0 aliphatic heterocycles. The van der Waals surface area contributed by atoms with E-state index in [0.717, 1.165) is 12.8 Å². The van der Waals surface area contributed by atoms with E-state index < -0.39 is 11.6 Å². The molecule has 1 aromatic carbocycles. The van der Waals surface area contributed by atoms with Crippen molar-refractivity contribution in [2.75, 3.05) is 13.2 Å². The first kappa shape index (κ1) is 16.5. The molecular weight excluding hydrogens is 262 g/mol. The summed E-state index contributed by atoms with van der Waals surface area (Å²) in [6.07, 6.45) is 5.47. The summed E-state index contributed by atoms with van der Waals surface area (Å²) in [5.41, 5.74) is 0. The van der Waals surface area contributed by atoms with Crippen molar-refractivity contribution in [2.24, 2.45) is 5.92 Å². The van der Waals surface area contributed by atoms with Crippen LogP contribution in [0.3, 0.4) is 0 Å². The normalized spacial score (nSPS) is 11.3. The fraction of sp³-hybridized carbons (Fsp3) is 0.500. The fourth-order valence-electron chi connectivity index (χ4n) is 1.53. The number of benzene rings is 1. The Morgan fingerprint density at radius 3 is 2.25 bits per heavy atom. The van der Waals surface area contributed by atoms with Crippen molar-refractivity contribution in [3.63, 3.8) is 0 Å². The van der Waals surface area contributed by atoms with E-state index in [1.165, 1.54) is 12.1 Å². The molecule has 0 atom stereocenters. The van der Waals surface area contributed by atoms with Gasteiger partial charge in [-0.2, -0.15) is 8.78 Å². The Morgan fingerprint density at radius 2 is 1.70 bits per heavy atom. The quantitative estimate of drug-likeness (QED) is 0.507. The molecule has 112 valence electrons. The van der Waals surface area contributed by atoms with Gasteiger partial charge in [-0.15, -0.1) is 0 Å². The van der Waals surface area contributed by atoms with Gasteiger partial charge in [-0.25, -0.2) is 0 Å². The second kappa shape index (κ2) is 8.56. The fourth-order valence-corrected chi connectivity index (χ4v) is 1.53. The monoisotopic (exact) mass is 284 g/mol. The van der Waals surface area contributed by atoms with Gasteiger partial charge >= 0.3 is 0 Å². The van der Waals surface area contributed by atoms with Crippen LogP contribution in [0.5, 0.6) is 11.5 Å². The molecule has 4 heteroatoms. The van der Waals surface area contributed by atoms with Gasteiger partial charge in [0.25, 0.3) is 0 Å². The Labute approximate surface area is 119 Å². The van der Waals surface area contributed by atoms with Gasteiger partial charge in [-0.1, -0.05) is 39.3 Å². The Bertz CT molecular complexity index is 442. The predicted molar refractivity (Wildman–Crippen MR) is 76.2 cm³/mol. The molecule has 0 saturated heterocycles. The minimum absolute atomic E-state index is 0.0685. The van der Waals surface area contributed by atoms with E-state index in [4.69, 9.17) is 9.47 Å². The van der Waals surface area contributed by atoms with Crippen molar-refractivity contribution >= 4 is 0 Å². The third kappa shape index (κ3) is 5.19. The molecule has 1 aromatic rings. The standard InChI is InChI=1S/C16H22F2O2/c1-4-5-10-19-13-8-9-14(16(18)15(13)17)20-11-6-7-12(2)3/h6-9,12H,4-5,10-11H2,1-3H3/b7-6+. The highest BCUT2D eigenvalue weighted by Gasteiger charge is 2.15. The highest BCUT2D eigenvalue weighted by Crippen LogP contribution is 2.27. The highest BCUT2D eigenvalue weighted by atomic mass is 19.2. The summed E-state index contributed by atoms with van der Waals surface area (Å²) in [4.78, 5) is 0. The minimum Gasteiger partial charge on any atom is -0.490 e. The third-order valence-electron chi connectivity index (χ3n) is 2.62. The van der Waals surface area contributed by atoms with Crippen molar-refractivity contribution < 1.29 is 18.3 Å². The van der Waals surface area contributed by atoms with Gasteiger partial charge in [0.05, 0.1) is 6.61 Å². The van der Waals surface area contributed by atoms with Crippen molar-refractivity contribution in [2.45, 2.75) is 33.6 Å². The van der Waals surface area contributed by atoms with Gasteiger partial charge in [0.1, 0.15) is 6.61 Å². The smallest absolute Gasteiger partial charge is 0.204 e. The number of allylic oxidation sites excluding steroid dienone is 1. The zero-order valence-corrected chi connectivity index (χ0v) is 12.3. The van der Waals surface area contributed by atoms with E-state index in [1.807, 2.05) is 26.8 Å². The zero-order chi connectivity index (χ0) is 15.0. The Kier molecular flexibility index (Phi) is 7.05. The molecule has 0 aromatic heterocycles. The molecule has 0 bridgehead atoms. The SMILES string of the molecule is CCCCOc1ccc(OC/C=C/C(C)C)c(F)c1F. The second-order valence-electron chi connectivity index (χ2n) is 4.87. The summed E-state index contributed by atoms with van der Waals surface area (Å²) in [5.74, 6) is -1.77. The van der Waals surface area contributed by atoms with Crippen molar-refractivity contribution in [3.8, 4) is 11.5 Å². The van der Waals surface area contributed by atoms with Crippen molar-refractivity contribution in [1.29, 1.82) is 0 Å². The molecule has 20 heavy (non-hydrogen) atoms. The molecule has 0 fully saturated rings. The van der Waals surface area contributed by atoms with E-state index >= 15 is 0 Å². The van der Waals surface area contributed by atoms with Gasteiger partial charge in [0, 0.05) is 0 Å². The van der Waals surface area contributed by atoms with Crippen molar-refractivity contribution in [1.82, 2.24) is 0 Å². The Morgan fingerprint density at radius 1 is 1.10 bits per heavy atom. The van der Waals surface area contributed by atoms with Crippen LogP contribution >= 0.6 is 0 Å². The number of unbranched alkanes of at least 4 members (excludes halogenated alkanes) is 1. The molecule has 0 radical (unpaired) electrons. The molecule has 0 N–H and O–H groups in total. The van der Waals surface area contributed by atoms with E-state index in [1.54, 1.807) is 6.08 Å². The zero-order valence-electron chi connectivity index (χ0n) is 12.3. The summed E-state index contributed by atoms with van der Waals surface area (Å²) in [6, 6.07) is 2.79. The number of ether oxygens (including phenoxy) is 2. The van der Waals surface area contributed by atoms with Crippen LogP contribution in [0, 0.1) is 17.6 Å². The summed E-state index contributed by atoms with van der Waals surface area (Å²) in [5, 5.41) is 0. The lowest BCUT2D eigenvalue weighted by Crippen LogP contribution is -2.03. The number of halogens is 2. The molecule has 0 unspecified atom stereocenters. The van der Waals surface area contributed by atoms with Gasteiger partial charge < -0.3 is 9.47 Å². The largest absolute Gasteiger partial charge is 0.490 e. The summed E-state index contributed by atoms with van der Waals surface area (Å²) in [6.45, 7) is 6.65. The van der Waals surface area contributed by atoms with Crippen LogP contribution in [-0.2, 0) is 0 Å². The maximum Gasteiger partial charge on any atom is 0.204 e. The molecule has 0 aliphatic rings. The summed E-state index contributed by atoms with van der Waals surface area (Å²) < 4.78 is 37.9. The van der Waals surface area contributed by atoms with Crippen LogP contribution in [0.2, 0.25) is 0 Å². The van der Waals surface area contributed by atoms with Crippen LogP contribution in [0.1, 0.15) is 33.6 Å². The van der Waals surface area contributed by atoms with Crippen LogP contribution in [-0.4, -0.2) is 13.2 Å². The van der Waals surface area contributed by atoms with Gasteiger partial charge in [0.15, 0.2) is 11.5 Å². The Balaban J connectivity index is 2.63.